The van der Waals surface area contributed by atoms with Crippen LogP contribution in [0.2, 0.25) is 0 Å². The summed E-state index contributed by atoms with van der Waals surface area (Å²) in [5.74, 6) is -1.44. The van der Waals surface area contributed by atoms with E-state index in [0.717, 1.165) is 33.2 Å². The summed E-state index contributed by atoms with van der Waals surface area (Å²) in [6, 6.07) is 29.3. The highest BCUT2D eigenvalue weighted by molar-refractivity contribution is 6.02. The number of rotatable bonds is 11. The van der Waals surface area contributed by atoms with Gasteiger partial charge in [-0.25, -0.2) is 9.59 Å². The first kappa shape index (κ1) is 46.9. The number of amides is 6. The van der Waals surface area contributed by atoms with Gasteiger partial charge in [0, 0.05) is 46.3 Å². The molecule has 16 heteroatoms. The molecule has 0 saturated carbocycles. The van der Waals surface area contributed by atoms with Crippen molar-refractivity contribution in [2.45, 2.75) is 103 Å². The zero-order valence-corrected chi connectivity index (χ0v) is 39.1. The minimum absolute atomic E-state index is 0.327. The summed E-state index contributed by atoms with van der Waals surface area (Å²) in [5.41, 5.74) is 4.04. The highest BCUT2D eigenvalue weighted by Crippen LogP contribution is 2.32. The van der Waals surface area contributed by atoms with E-state index in [1.54, 1.807) is 102 Å². The summed E-state index contributed by atoms with van der Waals surface area (Å²) in [7, 11) is 0. The Kier molecular flexibility index (Phi) is 13.3. The molecule has 4 aromatic carbocycles. The maximum Gasteiger partial charge on any atom is 0.408 e. The molecule has 68 heavy (non-hydrogen) atoms. The molecule has 2 saturated heterocycles. The average molecular weight is 923 g/mol. The van der Waals surface area contributed by atoms with Crippen LogP contribution in [0.25, 0.3) is 33.2 Å². The van der Waals surface area contributed by atoms with Gasteiger partial charge in [0.2, 0.25) is 11.8 Å². The predicted octanol–water partition coefficient (Wildman–Crippen LogP) is 8.71. The molecule has 2 fully saturated rings. The minimum Gasteiger partial charge on any atom is -0.444 e. The van der Waals surface area contributed by atoms with Gasteiger partial charge in [0.1, 0.15) is 35.4 Å². The van der Waals surface area contributed by atoms with Gasteiger partial charge in [-0.05, 0) is 127 Å². The molecule has 6 amide bonds. The number of aromatic amines is 2. The molecule has 6 aromatic rings. The molecule has 0 radical (unpaired) electrons. The minimum atomic E-state index is -1.04. The molecule has 8 rings (SSSR count). The normalized spacial score (nSPS) is 17.1. The van der Waals surface area contributed by atoms with E-state index in [2.05, 4.69) is 31.2 Å². The zero-order valence-electron chi connectivity index (χ0n) is 39.1. The number of aromatic nitrogens is 2. The van der Waals surface area contributed by atoms with Crippen LogP contribution < -0.4 is 21.3 Å². The van der Waals surface area contributed by atoms with Crippen molar-refractivity contribution in [3.63, 3.8) is 0 Å². The molecule has 4 atom stereocenters. The molecule has 2 aliphatic rings. The first-order valence-electron chi connectivity index (χ1n) is 23.0. The van der Waals surface area contributed by atoms with Crippen LogP contribution in [0.4, 0.5) is 21.0 Å². The second-order valence-corrected chi connectivity index (χ2v) is 19.3. The largest absolute Gasteiger partial charge is 0.444 e. The molecule has 354 valence electrons. The highest BCUT2D eigenvalue weighted by atomic mass is 16.6. The number of anilines is 2. The molecular weight excluding hydrogens is 865 g/mol. The van der Waals surface area contributed by atoms with Gasteiger partial charge >= 0.3 is 12.2 Å². The first-order valence-corrected chi connectivity index (χ1v) is 23.0. The van der Waals surface area contributed by atoms with E-state index in [4.69, 9.17) is 9.47 Å². The second-order valence-electron chi connectivity index (χ2n) is 19.3. The van der Waals surface area contributed by atoms with Gasteiger partial charge in [0.15, 0.2) is 0 Å². The quantitative estimate of drug-likeness (QED) is 0.0739. The lowest BCUT2D eigenvalue weighted by Gasteiger charge is -2.29. The maximum absolute atomic E-state index is 14.1. The smallest absolute Gasteiger partial charge is 0.408 e. The van der Waals surface area contributed by atoms with Gasteiger partial charge in [0.25, 0.3) is 11.8 Å². The van der Waals surface area contributed by atoms with E-state index in [1.165, 1.54) is 9.80 Å². The van der Waals surface area contributed by atoms with Crippen LogP contribution in [0.15, 0.2) is 109 Å². The fourth-order valence-electron chi connectivity index (χ4n) is 8.82. The summed E-state index contributed by atoms with van der Waals surface area (Å²) in [4.78, 5) is 91.5. The number of alkyl carbamates (subject to hydrolysis) is 2. The number of nitrogens with one attached hydrogen (secondary N) is 6. The van der Waals surface area contributed by atoms with Crippen molar-refractivity contribution in [3.8, 4) is 11.4 Å². The van der Waals surface area contributed by atoms with Crippen LogP contribution in [-0.2, 0) is 28.7 Å². The van der Waals surface area contributed by atoms with Crippen LogP contribution in [0.1, 0.15) is 90.4 Å². The number of H-pyrrole nitrogens is 2. The molecule has 0 aliphatic carbocycles. The Balaban J connectivity index is 0.929. The molecule has 0 unspecified atom stereocenters. The second kappa shape index (κ2) is 19.3. The lowest BCUT2D eigenvalue weighted by atomic mass is 10.0. The number of carbonyl (C=O) groups excluding carboxylic acids is 6. The Morgan fingerprint density at radius 1 is 0.544 bits per heavy atom. The molecule has 4 heterocycles. The lowest BCUT2D eigenvalue weighted by molar-refractivity contribution is -0.138. The topological polar surface area (TPSA) is 207 Å². The van der Waals surface area contributed by atoms with Crippen molar-refractivity contribution in [1.29, 1.82) is 0 Å². The molecule has 2 aliphatic heterocycles. The Hall–Kier alpha value is -7.62. The molecule has 0 spiro atoms. The lowest BCUT2D eigenvalue weighted by Crippen LogP contribution is -2.49. The summed E-state index contributed by atoms with van der Waals surface area (Å²) in [6.45, 7) is 11.2. The van der Waals surface area contributed by atoms with Crippen molar-refractivity contribution in [2.75, 3.05) is 23.7 Å². The van der Waals surface area contributed by atoms with Crippen molar-refractivity contribution < 1.29 is 38.2 Å². The van der Waals surface area contributed by atoms with E-state index >= 15 is 0 Å². The number of likely N-dealkylation sites (tertiary alicyclic amines) is 2. The fraction of sp³-hybridized carbons (Fsp3) is 0.346. The highest BCUT2D eigenvalue weighted by Gasteiger charge is 2.40. The van der Waals surface area contributed by atoms with Crippen molar-refractivity contribution in [2.24, 2.45) is 0 Å². The Morgan fingerprint density at radius 3 is 1.29 bits per heavy atom. The summed E-state index contributed by atoms with van der Waals surface area (Å²) >= 11 is 0. The van der Waals surface area contributed by atoms with Crippen LogP contribution in [0, 0.1) is 0 Å². The molecule has 6 N–H and O–H groups in total. The van der Waals surface area contributed by atoms with E-state index < -0.39 is 59.4 Å². The van der Waals surface area contributed by atoms with E-state index in [9.17, 15) is 28.8 Å². The number of hydrogen-bond donors (Lipinski definition) is 6. The molecule has 16 nitrogen and oxygen atoms in total. The maximum atomic E-state index is 14.1. The van der Waals surface area contributed by atoms with Gasteiger partial charge in [0.05, 0.1) is 11.4 Å². The van der Waals surface area contributed by atoms with Crippen molar-refractivity contribution in [3.05, 3.63) is 120 Å². The average Bonchev–Trinajstić information content (AvgIpc) is 4.12. The Morgan fingerprint density at radius 2 is 0.926 bits per heavy atom. The standard InChI is InChI=1S/C52H58N8O8/c1-51(2,3)67-49(65)57-43(31-15-9-7-10-16-31)47(63)59-25-13-19-41(59)45(61)53-35-21-23-37-33(27-35)29-39(55-37)40-30-34-28-36(22-24-38(34)56-40)54-46(62)42-20-14-26-60(42)48(64)44(32-17-11-8-12-18-32)58-50(66)68-52(4,5)6/h7-12,15-18,21-24,27-30,41-44,55-56H,13-14,19-20,25-26H2,1-6H3,(H,53,61)(H,54,62)(H,57,65)(H,58,66)/t41-,42-,43+,44+/m0/s1. The van der Waals surface area contributed by atoms with Gasteiger partial charge in [-0.15, -0.1) is 0 Å². The Labute approximate surface area is 394 Å². The SMILES string of the molecule is CC(C)(C)OC(=O)N[C@@H](C(=O)N1CCC[C@H]1C(=O)Nc1ccc2[nH]c(-c3cc4cc(NC(=O)[C@@H]5CCCN5C(=O)[C@H](NC(=O)OC(C)(C)C)c5ccccc5)ccc4[nH]3)cc2c1)c1ccccc1. The van der Waals surface area contributed by atoms with E-state index in [1.807, 2.05) is 48.5 Å². The summed E-state index contributed by atoms with van der Waals surface area (Å²) in [5, 5.41) is 13.2. The number of nitrogens with zero attached hydrogens (tertiary/aromatic N) is 2. The molecule has 2 aromatic heterocycles. The van der Waals surface area contributed by atoms with Gasteiger partial charge in [-0.1, -0.05) is 60.7 Å². The van der Waals surface area contributed by atoms with Gasteiger partial charge in [-0.3, -0.25) is 19.2 Å². The fourth-order valence-corrected chi connectivity index (χ4v) is 8.82. The summed E-state index contributed by atoms with van der Waals surface area (Å²) in [6.07, 6.45) is 0.737. The van der Waals surface area contributed by atoms with Crippen LogP contribution in [0.5, 0.6) is 0 Å². The third-order valence-corrected chi connectivity index (χ3v) is 11.8. The van der Waals surface area contributed by atoms with E-state index in [0.29, 0.717) is 61.3 Å². The third kappa shape index (κ3) is 11.0. The molecule has 0 bridgehead atoms. The number of benzene rings is 4. The third-order valence-electron chi connectivity index (χ3n) is 11.8. The van der Waals surface area contributed by atoms with Crippen LogP contribution in [-0.4, -0.2) is 92.0 Å². The van der Waals surface area contributed by atoms with Crippen LogP contribution >= 0.6 is 0 Å². The van der Waals surface area contributed by atoms with E-state index in [-0.39, 0.29) is 11.8 Å². The van der Waals surface area contributed by atoms with Crippen LogP contribution in [0.3, 0.4) is 0 Å². The molecular formula is C52H58N8O8. The predicted molar refractivity (Wildman–Crippen MR) is 259 cm³/mol. The Bertz CT molecular complexity index is 2650. The monoisotopic (exact) mass is 922 g/mol. The summed E-state index contributed by atoms with van der Waals surface area (Å²) < 4.78 is 10.9. The number of fused-ring (bicyclic) bond motifs is 2. The van der Waals surface area contributed by atoms with Crippen molar-refractivity contribution >= 4 is 69.0 Å². The van der Waals surface area contributed by atoms with Gasteiger partial charge in [-0.2, -0.15) is 0 Å². The zero-order chi connectivity index (χ0) is 48.3. The number of ether oxygens (including phenoxy) is 2. The first-order chi connectivity index (χ1) is 32.4. The van der Waals surface area contributed by atoms with Crippen molar-refractivity contribution in [1.82, 2.24) is 30.4 Å². The number of hydrogen-bond acceptors (Lipinski definition) is 8. The van der Waals surface area contributed by atoms with Gasteiger partial charge < -0.3 is 50.5 Å². The number of carbonyl (C=O) groups is 6.